The van der Waals surface area contributed by atoms with Gasteiger partial charge >= 0.3 is 0 Å². The van der Waals surface area contributed by atoms with Crippen LogP contribution in [0.1, 0.15) is 27.7 Å². The second kappa shape index (κ2) is 4.88. The van der Waals surface area contributed by atoms with Crippen LogP contribution in [0.3, 0.4) is 0 Å². The van der Waals surface area contributed by atoms with E-state index in [1.165, 1.54) is 22.3 Å². The van der Waals surface area contributed by atoms with Gasteiger partial charge in [-0.25, -0.2) is 0 Å². The largest absolute Gasteiger partial charge is 0.291 e. The molecule has 0 unspecified atom stereocenters. The maximum atomic E-state index is 6.82. The molecule has 0 fully saturated rings. The predicted molar refractivity (Wildman–Crippen MR) is 84.0 cm³/mol. The van der Waals surface area contributed by atoms with E-state index in [4.69, 9.17) is 22.2 Å². The van der Waals surface area contributed by atoms with Crippen LogP contribution in [0, 0.1) is 0 Å². The first-order chi connectivity index (χ1) is 8.37. The Bertz CT molecular complexity index is 503. The highest BCUT2D eigenvalue weighted by Gasteiger charge is 2.45. The van der Waals surface area contributed by atoms with Crippen LogP contribution in [0.15, 0.2) is 52.6 Å². The van der Waals surface area contributed by atoms with Crippen molar-refractivity contribution in [2.24, 2.45) is 0 Å². The average molecular weight is 297 g/mol. The summed E-state index contributed by atoms with van der Waals surface area (Å²) in [6.45, 7) is 6.13. The lowest BCUT2D eigenvalue weighted by Crippen LogP contribution is -2.41. The maximum absolute atomic E-state index is 6.82. The topological polar surface area (TPSA) is 0 Å². The van der Waals surface area contributed by atoms with Crippen LogP contribution >= 0.6 is 22.2 Å². The third-order valence-electron chi connectivity index (χ3n) is 4.13. The fourth-order valence-corrected chi connectivity index (χ4v) is 7.93. The summed E-state index contributed by atoms with van der Waals surface area (Å²) in [6.07, 6.45) is 0. The van der Waals surface area contributed by atoms with Gasteiger partial charge in [0.25, 0.3) is 6.69 Å². The zero-order valence-corrected chi connectivity index (χ0v) is 13.7. The molecule has 0 N–H and O–H groups in total. The van der Waals surface area contributed by atoms with E-state index >= 15 is 0 Å². The molecule has 96 valence electrons. The van der Waals surface area contributed by atoms with Gasteiger partial charge in [0, 0.05) is 5.54 Å². The number of benzene rings is 1. The van der Waals surface area contributed by atoms with Gasteiger partial charge in [-0.2, -0.15) is 0 Å². The molecule has 0 nitrogen and oxygen atoms in total. The monoisotopic (exact) mass is 296 g/mol. The highest BCUT2D eigenvalue weighted by Crippen LogP contribution is 2.49. The zero-order chi connectivity index (χ0) is 13.5. The molecule has 1 aliphatic carbocycles. The van der Waals surface area contributed by atoms with Crippen molar-refractivity contribution in [3.8, 4) is 0 Å². The molecular weight excluding hydrogens is 279 g/mol. The fraction of sp³-hybridized carbons (Fsp3) is 0.333. The van der Waals surface area contributed by atoms with Crippen molar-refractivity contribution in [3.63, 3.8) is 0 Å². The minimum Gasteiger partial charge on any atom is -0.139 e. The summed E-state index contributed by atoms with van der Waals surface area (Å²) in [6, 6.07) is 10.1. The lowest BCUT2D eigenvalue weighted by molar-refractivity contribution is 1.10. The highest BCUT2D eigenvalue weighted by molar-refractivity contribution is 7.51. The number of hydrogen-bond acceptors (Lipinski definition) is 0. The van der Waals surface area contributed by atoms with Crippen LogP contribution in [-0.4, -0.2) is 6.69 Å². The van der Waals surface area contributed by atoms with Crippen LogP contribution in [0.2, 0.25) is 5.54 Å². The summed E-state index contributed by atoms with van der Waals surface area (Å²) in [7, 11) is 0. The van der Waals surface area contributed by atoms with Gasteiger partial charge in [0.15, 0.2) is 0 Å². The molecule has 2 rings (SSSR count). The zero-order valence-electron chi connectivity index (χ0n) is 11.2. The molecule has 0 radical (unpaired) electrons. The first kappa shape index (κ1) is 13.9. The molecule has 18 heavy (non-hydrogen) atoms. The summed E-state index contributed by atoms with van der Waals surface area (Å²) in [5.41, 5.74) is 5.59. The molecule has 1 aromatic rings. The minimum absolute atomic E-state index is 0.211. The van der Waals surface area contributed by atoms with E-state index in [0.717, 1.165) is 5.19 Å². The van der Waals surface area contributed by atoms with Gasteiger partial charge in [-0.1, -0.05) is 41.5 Å². The van der Waals surface area contributed by atoms with Crippen LogP contribution in [-0.2, 0) is 0 Å². The van der Waals surface area contributed by atoms with E-state index in [-0.39, 0.29) is 5.54 Å². The SMILES string of the molecule is CC1=C(C)C([Si](Cl)(Cl)c2ccccc2)C(C)=C1C. The van der Waals surface area contributed by atoms with Gasteiger partial charge < -0.3 is 0 Å². The van der Waals surface area contributed by atoms with Gasteiger partial charge in [0.1, 0.15) is 0 Å². The number of hydrogen-bond donors (Lipinski definition) is 0. The Kier molecular flexibility index (Phi) is 3.77. The Morgan fingerprint density at radius 1 is 0.833 bits per heavy atom. The molecule has 0 aliphatic heterocycles. The van der Waals surface area contributed by atoms with E-state index in [0.29, 0.717) is 0 Å². The van der Waals surface area contributed by atoms with Gasteiger partial charge in [0.2, 0.25) is 0 Å². The molecule has 0 heterocycles. The van der Waals surface area contributed by atoms with Gasteiger partial charge in [0.05, 0.1) is 0 Å². The van der Waals surface area contributed by atoms with Crippen LogP contribution < -0.4 is 5.19 Å². The lowest BCUT2D eigenvalue weighted by atomic mass is 10.1. The Labute approximate surface area is 120 Å². The summed E-state index contributed by atoms with van der Waals surface area (Å²) in [5.74, 6) is 0. The van der Waals surface area contributed by atoms with Gasteiger partial charge in [-0.05, 0) is 44.0 Å². The molecule has 0 bridgehead atoms. The summed E-state index contributed by atoms with van der Waals surface area (Å²) in [5, 5.41) is 1.10. The standard InChI is InChI=1S/C15H18Cl2Si/c1-10-11(2)13(4)15(12(10)3)18(16,17)14-8-6-5-7-9-14/h5-9,15H,1-4H3. The van der Waals surface area contributed by atoms with Crippen LogP contribution in [0.5, 0.6) is 0 Å². The highest BCUT2D eigenvalue weighted by atomic mass is 35.7. The molecule has 1 aromatic carbocycles. The first-order valence-electron chi connectivity index (χ1n) is 6.15. The summed E-state index contributed by atoms with van der Waals surface area (Å²) in [4.78, 5) is 0. The average Bonchev–Trinajstić information content (AvgIpc) is 2.55. The first-order valence-corrected chi connectivity index (χ1v) is 10.3. The molecule has 3 heteroatoms. The molecule has 1 aliphatic rings. The Morgan fingerprint density at radius 3 is 1.72 bits per heavy atom. The molecule has 0 spiro atoms. The normalized spacial score (nSPS) is 17.9. The van der Waals surface area contributed by atoms with Crippen LogP contribution in [0.25, 0.3) is 0 Å². The van der Waals surface area contributed by atoms with E-state index in [1.807, 2.05) is 18.2 Å². The van der Waals surface area contributed by atoms with Crippen molar-refractivity contribution in [2.45, 2.75) is 33.2 Å². The minimum atomic E-state index is -2.53. The van der Waals surface area contributed by atoms with E-state index in [9.17, 15) is 0 Å². The number of halogens is 2. The quantitative estimate of drug-likeness (QED) is 0.539. The Hall–Kier alpha value is -0.503. The van der Waals surface area contributed by atoms with E-state index in [2.05, 4.69) is 39.8 Å². The second-order valence-electron chi connectivity index (χ2n) is 5.04. The molecule has 0 aromatic heterocycles. The summed E-state index contributed by atoms with van der Waals surface area (Å²) < 4.78 is 0. The van der Waals surface area contributed by atoms with Gasteiger partial charge in [-0.15, -0.1) is 22.2 Å². The Morgan fingerprint density at radius 2 is 1.28 bits per heavy atom. The van der Waals surface area contributed by atoms with Crippen molar-refractivity contribution >= 4 is 34.0 Å². The maximum Gasteiger partial charge on any atom is 0.291 e. The van der Waals surface area contributed by atoms with Crippen molar-refractivity contribution in [1.29, 1.82) is 0 Å². The lowest BCUT2D eigenvalue weighted by Gasteiger charge is -2.27. The molecule has 0 saturated carbocycles. The number of rotatable bonds is 2. The predicted octanol–water partition coefficient (Wildman–Crippen LogP) is 4.87. The third-order valence-corrected chi connectivity index (χ3v) is 9.45. The number of allylic oxidation sites excluding steroid dienone is 4. The second-order valence-corrected chi connectivity index (χ2v) is 11.6. The van der Waals surface area contributed by atoms with Gasteiger partial charge in [-0.3, -0.25) is 0 Å². The Balaban J connectivity index is 2.50. The van der Waals surface area contributed by atoms with E-state index < -0.39 is 6.69 Å². The molecule has 0 amide bonds. The molecule has 0 atom stereocenters. The fourth-order valence-electron chi connectivity index (χ4n) is 2.72. The van der Waals surface area contributed by atoms with Crippen molar-refractivity contribution in [1.82, 2.24) is 0 Å². The molecular formula is C15H18Cl2Si. The van der Waals surface area contributed by atoms with Crippen molar-refractivity contribution in [3.05, 3.63) is 52.6 Å². The van der Waals surface area contributed by atoms with E-state index in [1.54, 1.807) is 0 Å². The smallest absolute Gasteiger partial charge is 0.139 e. The molecule has 0 saturated heterocycles. The third kappa shape index (κ3) is 2.09. The van der Waals surface area contributed by atoms with Crippen molar-refractivity contribution in [2.75, 3.05) is 0 Å². The summed E-state index contributed by atoms with van der Waals surface area (Å²) >= 11 is 13.6. The van der Waals surface area contributed by atoms with Crippen LogP contribution in [0.4, 0.5) is 0 Å². The van der Waals surface area contributed by atoms with Crippen molar-refractivity contribution < 1.29 is 0 Å².